The van der Waals surface area contributed by atoms with Crippen LogP contribution in [0.4, 0.5) is 0 Å². The maximum atomic E-state index is 11.9. The summed E-state index contributed by atoms with van der Waals surface area (Å²) < 4.78 is 10.4. The predicted molar refractivity (Wildman–Crippen MR) is 124 cm³/mol. The van der Waals surface area contributed by atoms with Crippen molar-refractivity contribution in [2.24, 2.45) is 0 Å². The molecule has 0 aliphatic rings. The molecule has 0 fully saturated rings. The number of aromatic carboxylic acids is 2. The second kappa shape index (κ2) is 14.5. The lowest BCUT2D eigenvalue weighted by Gasteiger charge is -2.06. The average Bonchev–Trinajstić information content (AvgIpc) is 2.84. The molecule has 182 valence electrons. The molecule has 0 amide bonds. The Labute approximate surface area is 198 Å². The molecule has 34 heavy (non-hydrogen) atoms. The van der Waals surface area contributed by atoms with E-state index in [0.717, 1.165) is 51.4 Å². The first-order valence-electron chi connectivity index (χ1n) is 11.4. The van der Waals surface area contributed by atoms with Crippen LogP contribution in [0.25, 0.3) is 0 Å². The maximum absolute atomic E-state index is 11.9. The van der Waals surface area contributed by atoms with E-state index in [1.54, 1.807) is 0 Å². The molecule has 2 N–H and O–H groups in total. The molecular formula is C26H30O8. The van der Waals surface area contributed by atoms with Crippen LogP contribution in [0.3, 0.4) is 0 Å². The van der Waals surface area contributed by atoms with Crippen LogP contribution in [0.2, 0.25) is 0 Å². The Hall–Kier alpha value is -3.68. The second-order valence-electron chi connectivity index (χ2n) is 7.87. The quantitative estimate of drug-likeness (QED) is 0.268. The van der Waals surface area contributed by atoms with Crippen molar-refractivity contribution in [1.82, 2.24) is 0 Å². The normalized spacial score (nSPS) is 10.5. The van der Waals surface area contributed by atoms with Crippen LogP contribution >= 0.6 is 0 Å². The summed E-state index contributed by atoms with van der Waals surface area (Å²) in [6.45, 7) is 0.674. The Morgan fingerprint density at radius 1 is 0.471 bits per heavy atom. The standard InChI is InChI=1S/C26H30O8/c27-23(28)19-9-13-21(14-10-19)25(31)33-17-7-5-3-1-2-4-6-8-18-34-26(32)22-15-11-20(12-16-22)24(29)30/h9-16H,1-8,17-18H2,(H,27,28)(H,29,30). The van der Waals surface area contributed by atoms with E-state index in [-0.39, 0.29) is 11.1 Å². The van der Waals surface area contributed by atoms with Crippen LogP contribution in [-0.2, 0) is 9.47 Å². The number of carboxylic acid groups (broad SMARTS) is 2. The van der Waals surface area contributed by atoms with Gasteiger partial charge in [0, 0.05) is 0 Å². The molecule has 0 spiro atoms. The summed E-state index contributed by atoms with van der Waals surface area (Å²) in [5.74, 6) is -2.97. The number of ether oxygens (including phenoxy) is 2. The summed E-state index contributed by atoms with van der Waals surface area (Å²) in [5, 5.41) is 17.7. The van der Waals surface area contributed by atoms with Crippen LogP contribution in [0.15, 0.2) is 48.5 Å². The molecule has 0 heterocycles. The third kappa shape index (κ3) is 9.44. The summed E-state index contributed by atoms with van der Waals surface area (Å²) in [6.07, 6.45) is 7.75. The van der Waals surface area contributed by atoms with Gasteiger partial charge >= 0.3 is 23.9 Å². The lowest BCUT2D eigenvalue weighted by atomic mass is 10.1. The van der Waals surface area contributed by atoms with Crippen LogP contribution in [0.5, 0.6) is 0 Å². The summed E-state index contributed by atoms with van der Waals surface area (Å²) in [6, 6.07) is 11.3. The lowest BCUT2D eigenvalue weighted by molar-refractivity contribution is 0.0487. The van der Waals surface area contributed by atoms with E-state index in [4.69, 9.17) is 19.7 Å². The van der Waals surface area contributed by atoms with Crippen LogP contribution in [0, 0.1) is 0 Å². The van der Waals surface area contributed by atoms with Gasteiger partial charge < -0.3 is 19.7 Å². The fraction of sp³-hybridized carbons (Fsp3) is 0.385. The van der Waals surface area contributed by atoms with Gasteiger partial charge in [0.2, 0.25) is 0 Å². The maximum Gasteiger partial charge on any atom is 0.338 e. The average molecular weight is 471 g/mol. The number of carboxylic acids is 2. The van der Waals surface area contributed by atoms with Crippen molar-refractivity contribution < 1.29 is 38.9 Å². The monoisotopic (exact) mass is 470 g/mol. The highest BCUT2D eigenvalue weighted by atomic mass is 16.5. The first-order valence-corrected chi connectivity index (χ1v) is 11.4. The number of esters is 2. The van der Waals surface area contributed by atoms with E-state index in [1.807, 2.05) is 0 Å². The van der Waals surface area contributed by atoms with Gasteiger partial charge in [-0.05, 0) is 61.4 Å². The van der Waals surface area contributed by atoms with Gasteiger partial charge in [-0.2, -0.15) is 0 Å². The van der Waals surface area contributed by atoms with E-state index in [9.17, 15) is 19.2 Å². The molecule has 2 aromatic carbocycles. The minimum Gasteiger partial charge on any atom is -0.478 e. The molecule has 0 saturated carbocycles. The smallest absolute Gasteiger partial charge is 0.338 e. The molecule has 0 aromatic heterocycles. The largest absolute Gasteiger partial charge is 0.478 e. The Morgan fingerprint density at radius 2 is 0.735 bits per heavy atom. The van der Waals surface area contributed by atoms with Gasteiger partial charge in [-0.15, -0.1) is 0 Å². The fourth-order valence-electron chi connectivity index (χ4n) is 3.26. The number of hydrogen-bond donors (Lipinski definition) is 2. The number of unbranched alkanes of at least 4 members (excludes halogenated alkanes) is 7. The summed E-state index contributed by atoms with van der Waals surface area (Å²) >= 11 is 0. The number of rotatable bonds is 15. The summed E-state index contributed by atoms with van der Waals surface area (Å²) in [4.78, 5) is 45.5. The van der Waals surface area contributed by atoms with Gasteiger partial charge in [-0.3, -0.25) is 0 Å². The Balaban J connectivity index is 1.43. The third-order valence-electron chi connectivity index (χ3n) is 5.24. The molecule has 0 bridgehead atoms. The highest BCUT2D eigenvalue weighted by Crippen LogP contribution is 2.11. The van der Waals surface area contributed by atoms with Crippen LogP contribution in [0.1, 0.15) is 92.8 Å². The molecule has 0 saturated heterocycles. The fourth-order valence-corrected chi connectivity index (χ4v) is 3.26. The van der Waals surface area contributed by atoms with E-state index in [0.29, 0.717) is 24.3 Å². The van der Waals surface area contributed by atoms with Crippen LogP contribution in [-0.4, -0.2) is 47.3 Å². The molecule has 0 aliphatic carbocycles. The minimum absolute atomic E-state index is 0.127. The summed E-state index contributed by atoms with van der Waals surface area (Å²) in [7, 11) is 0. The predicted octanol–water partition coefficient (Wildman–Crippen LogP) is 5.22. The van der Waals surface area contributed by atoms with E-state index in [1.165, 1.54) is 48.5 Å². The highest BCUT2D eigenvalue weighted by molar-refractivity contribution is 5.93. The molecule has 8 heteroatoms. The highest BCUT2D eigenvalue weighted by Gasteiger charge is 2.10. The molecule has 2 rings (SSSR count). The topological polar surface area (TPSA) is 127 Å². The van der Waals surface area contributed by atoms with E-state index >= 15 is 0 Å². The molecule has 2 aromatic rings. The van der Waals surface area contributed by atoms with Gasteiger partial charge in [0.15, 0.2) is 0 Å². The lowest BCUT2D eigenvalue weighted by Crippen LogP contribution is -2.07. The SMILES string of the molecule is O=C(O)c1ccc(C(=O)OCCCCCCCCCCOC(=O)c2ccc(C(=O)O)cc2)cc1. The number of benzene rings is 2. The molecule has 8 nitrogen and oxygen atoms in total. The zero-order chi connectivity index (χ0) is 24.8. The Bertz CT molecular complexity index is 868. The number of carbonyl (C=O) groups is 4. The van der Waals surface area contributed by atoms with Gasteiger partial charge in [0.1, 0.15) is 0 Å². The van der Waals surface area contributed by atoms with Crippen molar-refractivity contribution in [1.29, 1.82) is 0 Å². The second-order valence-corrected chi connectivity index (χ2v) is 7.87. The van der Waals surface area contributed by atoms with E-state index < -0.39 is 23.9 Å². The first-order chi connectivity index (χ1) is 16.4. The summed E-state index contributed by atoms with van der Waals surface area (Å²) in [5.41, 5.74) is 0.934. The van der Waals surface area contributed by atoms with Crippen molar-refractivity contribution >= 4 is 23.9 Å². The zero-order valence-corrected chi connectivity index (χ0v) is 19.0. The number of carbonyl (C=O) groups excluding carboxylic acids is 2. The van der Waals surface area contributed by atoms with Crippen molar-refractivity contribution in [3.8, 4) is 0 Å². The molecule has 0 atom stereocenters. The van der Waals surface area contributed by atoms with Crippen molar-refractivity contribution in [2.45, 2.75) is 51.4 Å². The first kappa shape index (κ1) is 26.6. The van der Waals surface area contributed by atoms with Gasteiger partial charge in [-0.25, -0.2) is 19.2 Å². The molecule has 0 unspecified atom stereocenters. The van der Waals surface area contributed by atoms with Gasteiger partial charge in [0.05, 0.1) is 35.5 Å². The molecule has 0 aliphatic heterocycles. The number of hydrogen-bond acceptors (Lipinski definition) is 6. The third-order valence-corrected chi connectivity index (χ3v) is 5.24. The van der Waals surface area contributed by atoms with Gasteiger partial charge in [-0.1, -0.05) is 38.5 Å². The van der Waals surface area contributed by atoms with E-state index in [2.05, 4.69) is 0 Å². The van der Waals surface area contributed by atoms with Gasteiger partial charge in [0.25, 0.3) is 0 Å². The molecule has 0 radical (unpaired) electrons. The Morgan fingerprint density at radius 3 is 1.03 bits per heavy atom. The van der Waals surface area contributed by atoms with Crippen molar-refractivity contribution in [2.75, 3.05) is 13.2 Å². The van der Waals surface area contributed by atoms with Crippen molar-refractivity contribution in [3.05, 3.63) is 70.8 Å². The molecular weight excluding hydrogens is 440 g/mol. The minimum atomic E-state index is -1.04. The van der Waals surface area contributed by atoms with Crippen LogP contribution < -0.4 is 0 Å². The Kier molecular flexibility index (Phi) is 11.3. The zero-order valence-electron chi connectivity index (χ0n) is 19.0. The van der Waals surface area contributed by atoms with Crippen molar-refractivity contribution in [3.63, 3.8) is 0 Å².